The molecule has 1 atom stereocenters. The van der Waals surface area contributed by atoms with E-state index in [4.69, 9.17) is 0 Å². The Morgan fingerprint density at radius 2 is 1.38 bits per heavy atom. The first-order chi connectivity index (χ1) is 11.4. The van der Waals surface area contributed by atoms with Gasteiger partial charge in [-0.3, -0.25) is 0 Å². The predicted molar refractivity (Wildman–Crippen MR) is 107 cm³/mol. The van der Waals surface area contributed by atoms with Gasteiger partial charge in [-0.2, -0.15) is 0 Å². The van der Waals surface area contributed by atoms with Crippen molar-refractivity contribution in [2.24, 2.45) is 5.92 Å². The Balaban J connectivity index is 2.22. The van der Waals surface area contributed by atoms with Crippen molar-refractivity contribution in [3.8, 4) is 11.1 Å². The molecule has 0 radical (unpaired) electrons. The van der Waals surface area contributed by atoms with Crippen molar-refractivity contribution in [3.63, 3.8) is 0 Å². The van der Waals surface area contributed by atoms with Gasteiger partial charge < -0.3 is 5.32 Å². The Labute approximate surface area is 148 Å². The zero-order chi connectivity index (χ0) is 17.7. The molecule has 130 valence electrons. The third kappa shape index (κ3) is 4.70. The van der Waals surface area contributed by atoms with Crippen molar-refractivity contribution in [1.82, 2.24) is 5.32 Å². The van der Waals surface area contributed by atoms with Crippen molar-refractivity contribution in [2.45, 2.75) is 58.9 Å². The smallest absolute Gasteiger partial charge is 0.0128 e. The molecule has 1 N–H and O–H groups in total. The molecular formula is C23H33N. The van der Waals surface area contributed by atoms with Gasteiger partial charge in [-0.05, 0) is 67.8 Å². The van der Waals surface area contributed by atoms with E-state index in [1.165, 1.54) is 22.3 Å². The summed E-state index contributed by atoms with van der Waals surface area (Å²) in [5.41, 5.74) is 5.60. The van der Waals surface area contributed by atoms with Gasteiger partial charge in [0.2, 0.25) is 0 Å². The first-order valence-electron chi connectivity index (χ1n) is 9.24. The molecule has 0 bridgehead atoms. The average molecular weight is 324 g/mol. The lowest BCUT2D eigenvalue weighted by Crippen LogP contribution is -2.38. The number of hydrogen-bond acceptors (Lipinski definition) is 1. The molecule has 0 aliphatic rings. The monoisotopic (exact) mass is 323 g/mol. The average Bonchev–Trinajstić information content (AvgIpc) is 2.60. The molecule has 0 aliphatic carbocycles. The minimum Gasteiger partial charge on any atom is -0.315 e. The van der Waals surface area contributed by atoms with E-state index in [2.05, 4.69) is 95.5 Å². The summed E-state index contributed by atoms with van der Waals surface area (Å²) in [5, 5.41) is 3.44. The van der Waals surface area contributed by atoms with Gasteiger partial charge in [0.05, 0.1) is 0 Å². The zero-order valence-corrected chi connectivity index (χ0v) is 16.2. The maximum absolute atomic E-state index is 3.44. The lowest BCUT2D eigenvalue weighted by molar-refractivity contribution is 0.320. The van der Waals surface area contributed by atoms with E-state index in [0.717, 1.165) is 12.8 Å². The molecule has 2 aromatic carbocycles. The van der Waals surface area contributed by atoms with Crippen molar-refractivity contribution in [2.75, 3.05) is 7.05 Å². The highest BCUT2D eigenvalue weighted by Crippen LogP contribution is 2.33. The summed E-state index contributed by atoms with van der Waals surface area (Å²) in [6.07, 6.45) is 2.24. The standard InChI is InChI=1S/C23H33N/c1-7-18-8-10-19(11-9-18)20-12-14-21(15-13-20)22(17(2)3)16-23(4,5)24-6/h8-15,17,22,24H,7,16H2,1-6H3. The van der Waals surface area contributed by atoms with Gasteiger partial charge in [0.25, 0.3) is 0 Å². The summed E-state index contributed by atoms with van der Waals surface area (Å²) in [6.45, 7) is 11.4. The van der Waals surface area contributed by atoms with E-state index in [1.54, 1.807) is 0 Å². The van der Waals surface area contributed by atoms with E-state index in [9.17, 15) is 0 Å². The van der Waals surface area contributed by atoms with Gasteiger partial charge >= 0.3 is 0 Å². The fourth-order valence-electron chi connectivity index (χ4n) is 3.25. The van der Waals surface area contributed by atoms with E-state index < -0.39 is 0 Å². The summed E-state index contributed by atoms with van der Waals surface area (Å²) >= 11 is 0. The van der Waals surface area contributed by atoms with E-state index in [-0.39, 0.29) is 5.54 Å². The Hall–Kier alpha value is -1.60. The minimum atomic E-state index is 0.156. The molecule has 1 nitrogen and oxygen atoms in total. The first kappa shape index (κ1) is 18.7. The van der Waals surface area contributed by atoms with Gasteiger partial charge in [-0.1, -0.05) is 69.3 Å². The van der Waals surface area contributed by atoms with Crippen LogP contribution in [0, 0.1) is 5.92 Å². The maximum atomic E-state index is 3.44. The second-order valence-electron chi connectivity index (χ2n) is 7.86. The summed E-state index contributed by atoms with van der Waals surface area (Å²) in [7, 11) is 2.06. The summed E-state index contributed by atoms with van der Waals surface area (Å²) in [6, 6.07) is 18.1. The second kappa shape index (κ2) is 7.98. The van der Waals surface area contributed by atoms with Crippen molar-refractivity contribution < 1.29 is 0 Å². The molecule has 0 saturated carbocycles. The topological polar surface area (TPSA) is 12.0 Å². The molecular weight excluding hydrogens is 290 g/mol. The molecule has 24 heavy (non-hydrogen) atoms. The van der Waals surface area contributed by atoms with E-state index in [0.29, 0.717) is 11.8 Å². The molecule has 0 heterocycles. The molecule has 0 aromatic heterocycles. The first-order valence-corrected chi connectivity index (χ1v) is 9.24. The van der Waals surface area contributed by atoms with Crippen LogP contribution < -0.4 is 5.32 Å². The minimum absolute atomic E-state index is 0.156. The number of aryl methyl sites for hydroxylation is 1. The van der Waals surface area contributed by atoms with Gasteiger partial charge in [-0.25, -0.2) is 0 Å². The van der Waals surface area contributed by atoms with Crippen LogP contribution in [0.5, 0.6) is 0 Å². The van der Waals surface area contributed by atoms with Gasteiger partial charge in [-0.15, -0.1) is 0 Å². The molecule has 0 amide bonds. The predicted octanol–water partition coefficient (Wildman–Crippen LogP) is 6.04. The largest absolute Gasteiger partial charge is 0.315 e. The molecule has 1 heteroatoms. The van der Waals surface area contributed by atoms with Crippen LogP contribution in [0.4, 0.5) is 0 Å². The van der Waals surface area contributed by atoms with E-state index in [1.807, 2.05) is 0 Å². The Kier molecular flexibility index (Phi) is 6.23. The lowest BCUT2D eigenvalue weighted by atomic mass is 9.79. The van der Waals surface area contributed by atoms with Gasteiger partial charge in [0.1, 0.15) is 0 Å². The molecule has 2 rings (SSSR count). The SMILES string of the molecule is CCc1ccc(-c2ccc(C(CC(C)(C)NC)C(C)C)cc2)cc1. The molecule has 0 fully saturated rings. The highest BCUT2D eigenvalue weighted by molar-refractivity contribution is 5.64. The Bertz CT molecular complexity index is 620. The summed E-state index contributed by atoms with van der Waals surface area (Å²) < 4.78 is 0. The molecule has 0 saturated heterocycles. The quantitative estimate of drug-likeness (QED) is 0.654. The van der Waals surface area contributed by atoms with Crippen LogP contribution in [0.1, 0.15) is 58.1 Å². The van der Waals surface area contributed by atoms with Crippen LogP contribution in [0.2, 0.25) is 0 Å². The fraction of sp³-hybridized carbons (Fsp3) is 0.478. The van der Waals surface area contributed by atoms with E-state index >= 15 is 0 Å². The lowest BCUT2D eigenvalue weighted by Gasteiger charge is -2.32. The maximum Gasteiger partial charge on any atom is 0.0128 e. The van der Waals surface area contributed by atoms with Gasteiger partial charge in [0, 0.05) is 5.54 Å². The third-order valence-corrected chi connectivity index (χ3v) is 5.25. The summed E-state index contributed by atoms with van der Waals surface area (Å²) in [5.74, 6) is 1.20. The molecule has 2 aromatic rings. The Morgan fingerprint density at radius 3 is 1.79 bits per heavy atom. The van der Waals surface area contributed by atoms with Crippen molar-refractivity contribution >= 4 is 0 Å². The number of rotatable bonds is 7. The number of benzene rings is 2. The highest BCUT2D eigenvalue weighted by Gasteiger charge is 2.25. The fourth-order valence-corrected chi connectivity index (χ4v) is 3.25. The second-order valence-corrected chi connectivity index (χ2v) is 7.86. The normalized spacial score (nSPS) is 13.3. The van der Waals surface area contributed by atoms with Crippen LogP contribution in [0.3, 0.4) is 0 Å². The number of hydrogen-bond donors (Lipinski definition) is 1. The van der Waals surface area contributed by atoms with Crippen LogP contribution in [-0.2, 0) is 6.42 Å². The summed E-state index contributed by atoms with van der Waals surface area (Å²) in [4.78, 5) is 0. The van der Waals surface area contributed by atoms with Crippen molar-refractivity contribution in [1.29, 1.82) is 0 Å². The van der Waals surface area contributed by atoms with Crippen LogP contribution in [-0.4, -0.2) is 12.6 Å². The highest BCUT2D eigenvalue weighted by atomic mass is 14.9. The van der Waals surface area contributed by atoms with Crippen LogP contribution >= 0.6 is 0 Å². The third-order valence-electron chi connectivity index (χ3n) is 5.25. The van der Waals surface area contributed by atoms with Gasteiger partial charge in [0.15, 0.2) is 0 Å². The van der Waals surface area contributed by atoms with Crippen molar-refractivity contribution in [3.05, 3.63) is 59.7 Å². The molecule has 0 aliphatic heterocycles. The Morgan fingerprint density at radius 1 is 0.875 bits per heavy atom. The zero-order valence-electron chi connectivity index (χ0n) is 16.2. The van der Waals surface area contributed by atoms with Crippen LogP contribution in [0.15, 0.2) is 48.5 Å². The molecule has 1 unspecified atom stereocenters. The van der Waals surface area contributed by atoms with Crippen LogP contribution in [0.25, 0.3) is 11.1 Å². The molecule has 0 spiro atoms. The number of nitrogens with one attached hydrogen (secondary N) is 1.